The molecule has 3 aromatic rings. The van der Waals surface area contributed by atoms with Gasteiger partial charge in [0, 0.05) is 17.3 Å². The van der Waals surface area contributed by atoms with Crippen molar-refractivity contribution in [2.75, 3.05) is 5.32 Å². The molecule has 2 amide bonds. The van der Waals surface area contributed by atoms with Gasteiger partial charge in [-0.05, 0) is 36.0 Å². The molecule has 0 bridgehead atoms. The molecule has 1 aliphatic rings. The molecule has 0 unspecified atom stereocenters. The summed E-state index contributed by atoms with van der Waals surface area (Å²) in [6, 6.07) is 17.9. The minimum atomic E-state index is -0.148. The monoisotopic (exact) mass is 346 g/mol. The Bertz CT molecular complexity index is 883. The number of anilines is 1. The SMILES string of the molecule is CC1(c2ccccc2-c2cnc[nH]2)CC(NC(=O)Nc2ccccc2)C1. The second-order valence-electron chi connectivity index (χ2n) is 7.14. The zero-order valence-corrected chi connectivity index (χ0v) is 14.7. The van der Waals surface area contributed by atoms with Crippen molar-refractivity contribution in [2.45, 2.75) is 31.2 Å². The van der Waals surface area contributed by atoms with Crippen LogP contribution in [0.4, 0.5) is 10.5 Å². The number of hydrogen-bond acceptors (Lipinski definition) is 2. The van der Waals surface area contributed by atoms with E-state index in [-0.39, 0.29) is 17.5 Å². The number of carbonyl (C=O) groups is 1. The molecular formula is C21H22N4O. The molecule has 132 valence electrons. The molecule has 0 saturated heterocycles. The third-order valence-corrected chi connectivity index (χ3v) is 5.13. The van der Waals surface area contributed by atoms with Crippen LogP contribution in [-0.4, -0.2) is 22.0 Å². The van der Waals surface area contributed by atoms with Crippen LogP contribution >= 0.6 is 0 Å². The maximum atomic E-state index is 12.2. The van der Waals surface area contributed by atoms with Gasteiger partial charge in [-0.3, -0.25) is 0 Å². The van der Waals surface area contributed by atoms with E-state index in [1.807, 2.05) is 42.6 Å². The number of para-hydroxylation sites is 1. The van der Waals surface area contributed by atoms with Crippen molar-refractivity contribution in [1.82, 2.24) is 15.3 Å². The Morgan fingerprint density at radius 3 is 2.58 bits per heavy atom. The number of carbonyl (C=O) groups excluding carboxylic acids is 1. The number of benzene rings is 2. The fourth-order valence-electron chi connectivity index (χ4n) is 3.87. The molecule has 4 rings (SSSR count). The van der Waals surface area contributed by atoms with Gasteiger partial charge < -0.3 is 15.6 Å². The van der Waals surface area contributed by atoms with Crippen LogP contribution < -0.4 is 10.6 Å². The number of aromatic amines is 1. The smallest absolute Gasteiger partial charge is 0.319 e. The van der Waals surface area contributed by atoms with Gasteiger partial charge >= 0.3 is 6.03 Å². The molecule has 1 aliphatic carbocycles. The number of rotatable bonds is 4. The molecule has 0 aliphatic heterocycles. The molecule has 5 nitrogen and oxygen atoms in total. The summed E-state index contributed by atoms with van der Waals surface area (Å²) in [5.74, 6) is 0. The van der Waals surface area contributed by atoms with Gasteiger partial charge in [0.2, 0.25) is 0 Å². The minimum Gasteiger partial charge on any atom is -0.345 e. The standard InChI is InChI=1S/C21H22N4O/c1-21(18-10-6-5-9-17(18)19-13-22-14-23-19)11-16(12-21)25-20(26)24-15-7-3-2-4-8-15/h2-10,13-14,16H,11-12H2,1H3,(H,22,23)(H2,24,25,26). The van der Waals surface area contributed by atoms with E-state index in [1.54, 1.807) is 6.33 Å². The molecular weight excluding hydrogens is 324 g/mol. The van der Waals surface area contributed by atoms with Gasteiger partial charge in [-0.25, -0.2) is 9.78 Å². The van der Waals surface area contributed by atoms with Gasteiger partial charge in [0.25, 0.3) is 0 Å². The molecule has 2 aromatic carbocycles. The third kappa shape index (κ3) is 3.20. The summed E-state index contributed by atoms with van der Waals surface area (Å²) in [6.45, 7) is 2.26. The van der Waals surface area contributed by atoms with Crippen LogP contribution in [0.3, 0.4) is 0 Å². The average molecular weight is 346 g/mol. The van der Waals surface area contributed by atoms with Crippen LogP contribution in [0.2, 0.25) is 0 Å². The van der Waals surface area contributed by atoms with Crippen LogP contribution in [-0.2, 0) is 5.41 Å². The summed E-state index contributed by atoms with van der Waals surface area (Å²) < 4.78 is 0. The van der Waals surface area contributed by atoms with Gasteiger partial charge in [-0.1, -0.05) is 49.4 Å². The van der Waals surface area contributed by atoms with Gasteiger partial charge in [0.15, 0.2) is 0 Å². The van der Waals surface area contributed by atoms with E-state index in [9.17, 15) is 4.79 Å². The molecule has 0 atom stereocenters. The maximum absolute atomic E-state index is 12.2. The Morgan fingerprint density at radius 1 is 1.12 bits per heavy atom. The Morgan fingerprint density at radius 2 is 1.85 bits per heavy atom. The van der Waals surface area contributed by atoms with Crippen LogP contribution in [0.5, 0.6) is 0 Å². The zero-order valence-electron chi connectivity index (χ0n) is 14.7. The lowest BCUT2D eigenvalue weighted by Gasteiger charge is -2.46. The largest absolute Gasteiger partial charge is 0.345 e. The van der Waals surface area contributed by atoms with Crippen LogP contribution in [0, 0.1) is 0 Å². The molecule has 1 heterocycles. The Labute approximate surface area is 152 Å². The van der Waals surface area contributed by atoms with E-state index < -0.39 is 0 Å². The van der Waals surface area contributed by atoms with Gasteiger partial charge in [-0.2, -0.15) is 0 Å². The Hall–Kier alpha value is -3.08. The lowest BCUT2D eigenvalue weighted by atomic mass is 9.62. The highest BCUT2D eigenvalue weighted by Gasteiger charge is 2.43. The Balaban J connectivity index is 1.42. The highest BCUT2D eigenvalue weighted by atomic mass is 16.2. The van der Waals surface area contributed by atoms with E-state index >= 15 is 0 Å². The summed E-state index contributed by atoms with van der Waals surface area (Å²) in [4.78, 5) is 19.5. The van der Waals surface area contributed by atoms with Gasteiger partial charge in [0.05, 0.1) is 18.2 Å². The van der Waals surface area contributed by atoms with Gasteiger partial charge in [-0.15, -0.1) is 0 Å². The topological polar surface area (TPSA) is 69.8 Å². The highest BCUT2D eigenvalue weighted by Crippen LogP contribution is 2.46. The quantitative estimate of drug-likeness (QED) is 0.658. The molecule has 0 radical (unpaired) electrons. The number of imidazole rings is 1. The highest BCUT2D eigenvalue weighted by molar-refractivity contribution is 5.89. The van der Waals surface area contributed by atoms with Crippen molar-refractivity contribution in [2.24, 2.45) is 0 Å². The van der Waals surface area contributed by atoms with Crippen molar-refractivity contribution in [1.29, 1.82) is 0 Å². The summed E-state index contributed by atoms with van der Waals surface area (Å²) in [5, 5.41) is 5.95. The number of hydrogen-bond donors (Lipinski definition) is 3. The van der Waals surface area contributed by atoms with E-state index in [0.29, 0.717) is 0 Å². The number of H-pyrrole nitrogens is 1. The number of aromatic nitrogens is 2. The van der Waals surface area contributed by atoms with Crippen molar-refractivity contribution < 1.29 is 4.79 Å². The fourth-order valence-corrected chi connectivity index (χ4v) is 3.87. The van der Waals surface area contributed by atoms with Crippen LogP contribution in [0.15, 0.2) is 67.1 Å². The summed E-state index contributed by atoms with van der Waals surface area (Å²) in [5.41, 5.74) is 4.36. The lowest BCUT2D eigenvalue weighted by molar-refractivity contribution is 0.189. The molecule has 5 heteroatoms. The first-order chi connectivity index (χ1) is 12.6. The molecule has 1 aromatic heterocycles. The summed E-state index contributed by atoms with van der Waals surface area (Å²) in [6.07, 6.45) is 5.39. The third-order valence-electron chi connectivity index (χ3n) is 5.13. The second-order valence-corrected chi connectivity index (χ2v) is 7.14. The first-order valence-electron chi connectivity index (χ1n) is 8.85. The lowest BCUT2D eigenvalue weighted by Crippen LogP contribution is -2.52. The normalized spacial score (nSPS) is 21.7. The van der Waals surface area contributed by atoms with Crippen molar-refractivity contribution in [3.05, 3.63) is 72.7 Å². The first-order valence-corrected chi connectivity index (χ1v) is 8.85. The molecule has 1 saturated carbocycles. The minimum absolute atomic E-state index is 0.0480. The van der Waals surface area contributed by atoms with Crippen molar-refractivity contribution in [3.63, 3.8) is 0 Å². The number of urea groups is 1. The van der Waals surface area contributed by atoms with E-state index in [4.69, 9.17) is 0 Å². The van der Waals surface area contributed by atoms with Crippen molar-refractivity contribution >= 4 is 11.7 Å². The molecule has 0 spiro atoms. The average Bonchev–Trinajstić information content (AvgIpc) is 3.15. The molecule has 3 N–H and O–H groups in total. The van der Waals surface area contributed by atoms with E-state index in [1.165, 1.54) is 11.1 Å². The van der Waals surface area contributed by atoms with Crippen molar-refractivity contribution in [3.8, 4) is 11.3 Å². The van der Waals surface area contributed by atoms with Crippen LogP contribution in [0.1, 0.15) is 25.3 Å². The van der Waals surface area contributed by atoms with Gasteiger partial charge in [0.1, 0.15) is 0 Å². The summed E-state index contributed by atoms with van der Waals surface area (Å²) >= 11 is 0. The number of nitrogens with zero attached hydrogens (tertiary/aromatic N) is 1. The van der Waals surface area contributed by atoms with Crippen LogP contribution in [0.25, 0.3) is 11.3 Å². The Kier molecular flexibility index (Phi) is 4.21. The zero-order chi connectivity index (χ0) is 18.0. The predicted molar refractivity (Wildman–Crippen MR) is 103 cm³/mol. The number of amides is 2. The molecule has 26 heavy (non-hydrogen) atoms. The fraction of sp³-hybridized carbons (Fsp3) is 0.238. The summed E-state index contributed by atoms with van der Waals surface area (Å²) in [7, 11) is 0. The molecule has 1 fully saturated rings. The first kappa shape index (κ1) is 16.4. The van der Waals surface area contributed by atoms with E-state index in [2.05, 4.69) is 45.7 Å². The predicted octanol–water partition coefficient (Wildman–Crippen LogP) is 4.32. The maximum Gasteiger partial charge on any atom is 0.319 e. The number of nitrogens with one attached hydrogen (secondary N) is 3. The second kappa shape index (κ2) is 6.67. The van der Waals surface area contributed by atoms with E-state index in [0.717, 1.165) is 24.2 Å².